The Kier molecular flexibility index (Phi) is 2.44. The molecule has 4 radical (unpaired) electrons. The van der Waals surface area contributed by atoms with E-state index in [1.54, 1.807) is 18.2 Å². The van der Waals surface area contributed by atoms with Crippen LogP contribution in [0.3, 0.4) is 0 Å². The Bertz CT molecular complexity index is 634. The maximum atomic E-state index is 11.7. The minimum atomic E-state index is -0.494. The van der Waals surface area contributed by atoms with E-state index in [4.69, 9.17) is 11.6 Å². The molecule has 3 rings (SSSR count). The van der Waals surface area contributed by atoms with Gasteiger partial charge in [-0.25, -0.2) is 0 Å². The van der Waals surface area contributed by atoms with Crippen molar-refractivity contribution in [1.29, 1.82) is 0 Å². The van der Waals surface area contributed by atoms with Gasteiger partial charge >= 0.3 is 0 Å². The topological polar surface area (TPSA) is 34.1 Å². The van der Waals surface area contributed by atoms with Crippen LogP contribution in [0, 0.1) is 0 Å². The molecule has 2 aromatic rings. The van der Waals surface area contributed by atoms with Gasteiger partial charge in [0.1, 0.15) is 0 Å². The Morgan fingerprint density at radius 1 is 0.938 bits per heavy atom. The van der Waals surface area contributed by atoms with Gasteiger partial charge in [0.25, 0.3) is 0 Å². The summed E-state index contributed by atoms with van der Waals surface area (Å²) in [5, 5.41) is 1.93. The Morgan fingerprint density at radius 2 is 1.69 bits per heavy atom. The lowest BCUT2D eigenvalue weighted by atomic mass is 10.1. The molecule has 0 N–H and O–H groups in total. The maximum absolute atomic E-state index is 11.7. The smallest absolute Gasteiger partial charge is 0.235 e. The van der Waals surface area contributed by atoms with Gasteiger partial charge in [-0.05, 0) is 11.5 Å². The van der Waals surface area contributed by atoms with Gasteiger partial charge in [0.15, 0.2) is 0 Å². The van der Waals surface area contributed by atoms with Crippen LogP contribution < -0.4 is 0 Å². The fraction of sp³-hybridized carbons (Fsp3) is 0. The second-order valence-electron chi connectivity index (χ2n) is 3.48. The molecule has 0 aromatic heterocycles. The van der Waals surface area contributed by atoms with Crippen molar-refractivity contribution in [1.82, 2.24) is 0 Å². The van der Waals surface area contributed by atoms with E-state index in [0.717, 1.165) is 5.39 Å². The third kappa shape index (κ3) is 1.19. The maximum Gasteiger partial charge on any atom is 0.235 e. The molecule has 2 aromatic carbocycles. The van der Waals surface area contributed by atoms with Crippen molar-refractivity contribution in [3.8, 4) is 0 Å². The molecule has 0 amide bonds. The summed E-state index contributed by atoms with van der Waals surface area (Å²) >= 11 is 5.92. The molecular formula is C12H5ClO2Si. The van der Waals surface area contributed by atoms with Crippen molar-refractivity contribution in [2.24, 2.45) is 0 Å². The summed E-state index contributed by atoms with van der Waals surface area (Å²) in [4.78, 5) is 23.3. The minimum Gasteiger partial charge on any atom is -0.285 e. The molecule has 0 saturated carbocycles. The molecule has 16 heavy (non-hydrogen) atoms. The van der Waals surface area contributed by atoms with Gasteiger partial charge in [0, 0.05) is 21.9 Å². The van der Waals surface area contributed by atoms with E-state index in [-0.39, 0.29) is 11.0 Å². The van der Waals surface area contributed by atoms with E-state index in [2.05, 4.69) is 0 Å². The predicted molar refractivity (Wildman–Crippen MR) is 63.4 cm³/mol. The van der Waals surface area contributed by atoms with E-state index in [1.165, 1.54) is 0 Å². The highest BCUT2D eigenvalue weighted by Crippen LogP contribution is 2.34. The lowest BCUT2D eigenvalue weighted by Gasteiger charge is -2.00. The Hall–Kier alpha value is -1.45. The number of hydrogen-bond acceptors (Lipinski definition) is 2. The van der Waals surface area contributed by atoms with E-state index >= 15 is 0 Å². The van der Waals surface area contributed by atoms with Crippen LogP contribution in [0.4, 0.5) is 0 Å². The van der Waals surface area contributed by atoms with Crippen molar-refractivity contribution >= 4 is 44.9 Å². The van der Waals surface area contributed by atoms with Crippen LogP contribution in [-0.2, 0) is 0 Å². The standard InChI is InChI=1S/C12H5ClO2.Si/c13-8-5-4-6-2-1-3-7-9(6)10(8)12(15)11(7)14;/h1-5H;. The van der Waals surface area contributed by atoms with Gasteiger partial charge in [0.2, 0.25) is 11.6 Å². The number of Topliss-reactive ketones (excluding diaryl/α,β-unsaturated/α-hetero) is 2. The first kappa shape index (κ1) is 11.0. The molecule has 1 aliphatic rings. The van der Waals surface area contributed by atoms with Gasteiger partial charge in [0.05, 0.1) is 10.6 Å². The fourth-order valence-electron chi connectivity index (χ4n) is 2.00. The molecule has 0 bridgehead atoms. The van der Waals surface area contributed by atoms with Crippen LogP contribution in [0.15, 0.2) is 30.3 Å². The molecule has 4 heteroatoms. The largest absolute Gasteiger partial charge is 0.285 e. The van der Waals surface area contributed by atoms with Crippen LogP contribution in [0.25, 0.3) is 10.8 Å². The lowest BCUT2D eigenvalue weighted by Crippen LogP contribution is -2.06. The molecule has 0 unspecified atom stereocenters. The number of ketones is 2. The number of carbonyl (C=O) groups is 2. The monoisotopic (exact) mass is 244 g/mol. The zero-order chi connectivity index (χ0) is 10.6. The molecule has 0 aliphatic heterocycles. The van der Waals surface area contributed by atoms with Gasteiger partial charge in [-0.3, -0.25) is 9.59 Å². The van der Waals surface area contributed by atoms with Crippen molar-refractivity contribution in [2.45, 2.75) is 0 Å². The molecule has 76 valence electrons. The fourth-order valence-corrected chi connectivity index (χ4v) is 2.24. The minimum absolute atomic E-state index is 0. The number of benzene rings is 2. The van der Waals surface area contributed by atoms with Crippen molar-refractivity contribution in [3.05, 3.63) is 46.5 Å². The van der Waals surface area contributed by atoms with Crippen LogP contribution in [0.2, 0.25) is 5.02 Å². The van der Waals surface area contributed by atoms with Gasteiger partial charge in [-0.1, -0.05) is 35.9 Å². The molecule has 1 aliphatic carbocycles. The molecule has 2 nitrogen and oxygen atoms in total. The van der Waals surface area contributed by atoms with Gasteiger partial charge in [-0.15, -0.1) is 0 Å². The van der Waals surface area contributed by atoms with Crippen LogP contribution in [0.1, 0.15) is 20.7 Å². The highest BCUT2D eigenvalue weighted by molar-refractivity contribution is 6.59. The molecular weight excluding hydrogens is 240 g/mol. The molecule has 0 heterocycles. The van der Waals surface area contributed by atoms with Crippen LogP contribution in [0.5, 0.6) is 0 Å². The summed E-state index contributed by atoms with van der Waals surface area (Å²) in [7, 11) is 0. The summed E-state index contributed by atoms with van der Waals surface area (Å²) in [5.41, 5.74) is 0.824. The number of halogens is 1. The van der Waals surface area contributed by atoms with Crippen LogP contribution in [-0.4, -0.2) is 22.5 Å². The van der Waals surface area contributed by atoms with Gasteiger partial charge < -0.3 is 0 Å². The summed E-state index contributed by atoms with van der Waals surface area (Å²) in [5.74, 6) is -0.949. The van der Waals surface area contributed by atoms with Crippen molar-refractivity contribution < 1.29 is 9.59 Å². The van der Waals surface area contributed by atoms with E-state index < -0.39 is 11.6 Å². The number of hydrogen-bond donors (Lipinski definition) is 0. The normalized spacial score (nSPS) is 13.1. The average molecular weight is 245 g/mol. The van der Waals surface area contributed by atoms with E-state index in [9.17, 15) is 9.59 Å². The first-order valence-corrected chi connectivity index (χ1v) is 4.88. The van der Waals surface area contributed by atoms with Crippen LogP contribution >= 0.6 is 11.6 Å². The Labute approximate surface area is 101 Å². The third-order valence-corrected chi connectivity index (χ3v) is 2.99. The lowest BCUT2D eigenvalue weighted by molar-refractivity contribution is 0.0825. The zero-order valence-corrected chi connectivity index (χ0v) is 9.84. The molecule has 0 fully saturated rings. The van der Waals surface area contributed by atoms with Crippen molar-refractivity contribution in [3.63, 3.8) is 0 Å². The predicted octanol–water partition coefficient (Wildman–Crippen LogP) is 2.49. The summed E-state index contributed by atoms with van der Waals surface area (Å²) < 4.78 is 0. The second kappa shape index (κ2) is 3.54. The molecule has 0 saturated heterocycles. The third-order valence-electron chi connectivity index (χ3n) is 2.67. The zero-order valence-electron chi connectivity index (χ0n) is 8.08. The Balaban J connectivity index is 0.000000963. The Morgan fingerprint density at radius 3 is 2.44 bits per heavy atom. The SMILES string of the molecule is O=C1C(=O)c2c(Cl)ccc3cccc1c23.[Si]. The highest BCUT2D eigenvalue weighted by atomic mass is 35.5. The average Bonchev–Trinajstić information content (AvgIpc) is 2.50. The molecule has 0 spiro atoms. The van der Waals surface area contributed by atoms with E-state index in [1.807, 2.05) is 12.1 Å². The van der Waals surface area contributed by atoms with E-state index in [0.29, 0.717) is 21.5 Å². The van der Waals surface area contributed by atoms with Gasteiger partial charge in [-0.2, -0.15) is 0 Å². The quantitative estimate of drug-likeness (QED) is 0.527. The summed E-state index contributed by atoms with van der Waals surface area (Å²) in [6.45, 7) is 0. The first-order chi connectivity index (χ1) is 7.20. The number of carbonyl (C=O) groups excluding carboxylic acids is 2. The summed E-state index contributed by atoms with van der Waals surface area (Å²) in [6.07, 6.45) is 0. The first-order valence-electron chi connectivity index (χ1n) is 4.50. The molecule has 0 atom stereocenters. The second-order valence-corrected chi connectivity index (χ2v) is 3.89. The number of rotatable bonds is 0. The summed E-state index contributed by atoms with van der Waals surface area (Å²) in [6, 6.07) is 8.77. The van der Waals surface area contributed by atoms with Crippen molar-refractivity contribution in [2.75, 3.05) is 0 Å². The highest BCUT2D eigenvalue weighted by Gasteiger charge is 2.32.